The SMILES string of the molecule is COc1cccc(NC(=O)CSc2ccc(NC(=O)c3ccc(C(=O)O)cc3C(=O)O)cc2)c1. The number of hydrogen-bond donors (Lipinski definition) is 4. The van der Waals surface area contributed by atoms with Gasteiger partial charge in [0.1, 0.15) is 5.75 Å². The standard InChI is InChI=1S/C24H20N2O7S/c1-33-17-4-2-3-16(12-17)25-21(27)13-34-18-8-6-15(7-9-18)26-22(28)19-10-5-14(23(29)30)11-20(19)24(31)32/h2-12H,13H2,1H3,(H,25,27)(H,26,28)(H,29,30)(H,31,32). The van der Waals surface area contributed by atoms with Gasteiger partial charge in [-0.3, -0.25) is 9.59 Å². The Morgan fingerprint density at radius 2 is 1.56 bits per heavy atom. The monoisotopic (exact) mass is 480 g/mol. The molecule has 0 radical (unpaired) electrons. The Morgan fingerprint density at radius 3 is 2.21 bits per heavy atom. The van der Waals surface area contributed by atoms with Gasteiger partial charge < -0.3 is 25.6 Å². The number of carboxylic acid groups (broad SMARTS) is 2. The van der Waals surface area contributed by atoms with Crippen molar-refractivity contribution in [2.75, 3.05) is 23.5 Å². The summed E-state index contributed by atoms with van der Waals surface area (Å²) < 4.78 is 5.13. The molecule has 0 fully saturated rings. The zero-order valence-electron chi connectivity index (χ0n) is 17.9. The number of carbonyl (C=O) groups is 4. The van der Waals surface area contributed by atoms with Gasteiger partial charge in [0.25, 0.3) is 5.91 Å². The molecule has 0 bridgehead atoms. The van der Waals surface area contributed by atoms with Gasteiger partial charge in [-0.05, 0) is 54.6 Å². The summed E-state index contributed by atoms with van der Waals surface area (Å²) in [6.07, 6.45) is 0. The maximum Gasteiger partial charge on any atom is 0.336 e. The molecule has 3 aromatic carbocycles. The van der Waals surface area contributed by atoms with Crippen LogP contribution < -0.4 is 15.4 Å². The van der Waals surface area contributed by atoms with Crippen molar-refractivity contribution in [2.24, 2.45) is 0 Å². The first kappa shape index (κ1) is 24.3. The zero-order valence-corrected chi connectivity index (χ0v) is 18.7. The molecule has 34 heavy (non-hydrogen) atoms. The number of rotatable bonds is 9. The van der Waals surface area contributed by atoms with Crippen LogP contribution in [0.2, 0.25) is 0 Å². The Labute approximate surface area is 198 Å². The Hall–Kier alpha value is -4.31. The van der Waals surface area contributed by atoms with Gasteiger partial charge in [0, 0.05) is 22.3 Å². The topological polar surface area (TPSA) is 142 Å². The minimum atomic E-state index is -1.41. The lowest BCUT2D eigenvalue weighted by molar-refractivity contribution is -0.113. The van der Waals surface area contributed by atoms with Crippen LogP contribution in [0, 0.1) is 0 Å². The van der Waals surface area contributed by atoms with E-state index in [0.717, 1.165) is 17.0 Å². The number of nitrogens with one attached hydrogen (secondary N) is 2. The maximum atomic E-state index is 12.6. The number of ether oxygens (including phenoxy) is 1. The fourth-order valence-corrected chi connectivity index (χ4v) is 3.63. The Balaban J connectivity index is 1.59. The van der Waals surface area contributed by atoms with E-state index >= 15 is 0 Å². The number of carboxylic acids is 2. The molecule has 3 rings (SSSR count). The molecule has 9 nitrogen and oxygen atoms in total. The highest BCUT2D eigenvalue weighted by Gasteiger charge is 2.19. The van der Waals surface area contributed by atoms with E-state index in [-0.39, 0.29) is 22.8 Å². The molecule has 2 amide bonds. The summed E-state index contributed by atoms with van der Waals surface area (Å²) in [7, 11) is 1.54. The van der Waals surface area contributed by atoms with Crippen molar-refractivity contribution < 1.29 is 34.1 Å². The van der Waals surface area contributed by atoms with Crippen molar-refractivity contribution in [1.82, 2.24) is 0 Å². The molecular weight excluding hydrogens is 460 g/mol. The third-order valence-electron chi connectivity index (χ3n) is 4.58. The molecule has 0 unspecified atom stereocenters. The van der Waals surface area contributed by atoms with Gasteiger partial charge in [-0.2, -0.15) is 0 Å². The van der Waals surface area contributed by atoms with Gasteiger partial charge in [-0.25, -0.2) is 9.59 Å². The van der Waals surface area contributed by atoms with Crippen LogP contribution in [-0.4, -0.2) is 46.8 Å². The summed E-state index contributed by atoms with van der Waals surface area (Å²) in [6.45, 7) is 0. The van der Waals surface area contributed by atoms with E-state index in [9.17, 15) is 24.3 Å². The number of anilines is 2. The molecule has 4 N–H and O–H groups in total. The average molecular weight is 480 g/mol. The second-order valence-electron chi connectivity index (χ2n) is 6.92. The van der Waals surface area contributed by atoms with Crippen LogP contribution in [0.25, 0.3) is 0 Å². The lowest BCUT2D eigenvalue weighted by atomic mass is 10.0. The largest absolute Gasteiger partial charge is 0.497 e. The highest BCUT2D eigenvalue weighted by Crippen LogP contribution is 2.22. The number of aromatic carboxylic acids is 2. The summed E-state index contributed by atoms with van der Waals surface area (Å²) in [5.74, 6) is -2.78. The van der Waals surface area contributed by atoms with Crippen molar-refractivity contribution >= 4 is 46.9 Å². The Bertz CT molecular complexity index is 1240. The molecule has 0 atom stereocenters. The molecule has 0 aliphatic carbocycles. The van der Waals surface area contributed by atoms with Crippen LogP contribution in [0.5, 0.6) is 5.75 Å². The molecule has 0 aliphatic rings. The molecule has 0 saturated heterocycles. The predicted molar refractivity (Wildman–Crippen MR) is 127 cm³/mol. The summed E-state index contributed by atoms with van der Waals surface area (Å²) in [5.41, 5.74) is 0.233. The lowest BCUT2D eigenvalue weighted by Crippen LogP contribution is -2.17. The van der Waals surface area contributed by atoms with Crippen molar-refractivity contribution in [1.29, 1.82) is 0 Å². The molecular formula is C24H20N2O7S. The summed E-state index contributed by atoms with van der Waals surface area (Å²) >= 11 is 1.30. The van der Waals surface area contributed by atoms with Crippen LogP contribution >= 0.6 is 11.8 Å². The second kappa shape index (κ2) is 11.0. The van der Waals surface area contributed by atoms with E-state index in [0.29, 0.717) is 17.1 Å². The molecule has 0 heterocycles. The summed E-state index contributed by atoms with van der Waals surface area (Å²) in [5, 5.41) is 23.7. The number of hydrogen-bond acceptors (Lipinski definition) is 6. The van der Waals surface area contributed by atoms with Crippen molar-refractivity contribution in [3.63, 3.8) is 0 Å². The molecule has 174 valence electrons. The first-order chi connectivity index (χ1) is 16.3. The van der Waals surface area contributed by atoms with Crippen LogP contribution in [-0.2, 0) is 4.79 Å². The maximum absolute atomic E-state index is 12.6. The van der Waals surface area contributed by atoms with Crippen molar-refractivity contribution in [3.05, 3.63) is 83.4 Å². The minimum Gasteiger partial charge on any atom is -0.497 e. The fourth-order valence-electron chi connectivity index (χ4n) is 2.93. The molecule has 0 aliphatic heterocycles. The molecule has 0 aromatic heterocycles. The fraction of sp³-hybridized carbons (Fsp3) is 0.0833. The molecule has 10 heteroatoms. The first-order valence-electron chi connectivity index (χ1n) is 9.85. The van der Waals surface area contributed by atoms with E-state index in [1.54, 1.807) is 55.6 Å². The van der Waals surface area contributed by atoms with Crippen LogP contribution in [0.15, 0.2) is 71.6 Å². The number of carbonyl (C=O) groups excluding carboxylic acids is 2. The van der Waals surface area contributed by atoms with Crippen LogP contribution in [0.1, 0.15) is 31.1 Å². The highest BCUT2D eigenvalue weighted by atomic mass is 32.2. The van der Waals surface area contributed by atoms with Crippen molar-refractivity contribution in [3.8, 4) is 5.75 Å². The van der Waals surface area contributed by atoms with Gasteiger partial charge in [0.2, 0.25) is 5.91 Å². The summed E-state index contributed by atoms with van der Waals surface area (Å²) in [6, 6.07) is 16.9. The van der Waals surface area contributed by atoms with E-state index in [1.807, 2.05) is 0 Å². The molecule has 3 aromatic rings. The van der Waals surface area contributed by atoms with Crippen LogP contribution in [0.3, 0.4) is 0 Å². The van der Waals surface area contributed by atoms with Crippen molar-refractivity contribution in [2.45, 2.75) is 4.90 Å². The second-order valence-corrected chi connectivity index (χ2v) is 7.97. The summed E-state index contributed by atoms with van der Waals surface area (Å²) in [4.78, 5) is 48.1. The smallest absolute Gasteiger partial charge is 0.336 e. The normalized spacial score (nSPS) is 10.3. The Morgan fingerprint density at radius 1 is 0.824 bits per heavy atom. The van der Waals surface area contributed by atoms with Crippen LogP contribution in [0.4, 0.5) is 11.4 Å². The zero-order chi connectivity index (χ0) is 24.7. The average Bonchev–Trinajstić information content (AvgIpc) is 2.83. The van der Waals surface area contributed by atoms with Gasteiger partial charge in [0.15, 0.2) is 0 Å². The van der Waals surface area contributed by atoms with E-state index in [2.05, 4.69) is 10.6 Å². The third kappa shape index (κ3) is 6.36. The van der Waals surface area contributed by atoms with E-state index in [4.69, 9.17) is 9.84 Å². The van der Waals surface area contributed by atoms with Gasteiger partial charge in [-0.1, -0.05) is 6.07 Å². The number of amides is 2. The number of methoxy groups -OCH3 is 1. The molecule has 0 spiro atoms. The molecule has 0 saturated carbocycles. The van der Waals surface area contributed by atoms with Gasteiger partial charge in [0.05, 0.1) is 29.6 Å². The number of benzene rings is 3. The lowest BCUT2D eigenvalue weighted by Gasteiger charge is -2.10. The minimum absolute atomic E-state index is 0.162. The quantitative estimate of drug-likeness (QED) is 0.336. The van der Waals surface area contributed by atoms with E-state index < -0.39 is 23.4 Å². The highest BCUT2D eigenvalue weighted by molar-refractivity contribution is 8.00. The number of thioether (sulfide) groups is 1. The van der Waals surface area contributed by atoms with Gasteiger partial charge in [-0.15, -0.1) is 11.8 Å². The third-order valence-corrected chi connectivity index (χ3v) is 5.59. The first-order valence-corrected chi connectivity index (χ1v) is 10.8. The van der Waals surface area contributed by atoms with E-state index in [1.165, 1.54) is 17.8 Å². The predicted octanol–water partition coefficient (Wildman–Crippen LogP) is 4.07. The van der Waals surface area contributed by atoms with Gasteiger partial charge >= 0.3 is 11.9 Å². The Kier molecular flexibility index (Phi) is 7.88.